The van der Waals surface area contributed by atoms with E-state index in [0.29, 0.717) is 28.1 Å². The summed E-state index contributed by atoms with van der Waals surface area (Å²) in [6, 6.07) is 11.5. The summed E-state index contributed by atoms with van der Waals surface area (Å²) in [5, 5.41) is 17.1. The van der Waals surface area contributed by atoms with Crippen molar-refractivity contribution in [3.8, 4) is 0 Å². The fourth-order valence-corrected chi connectivity index (χ4v) is 3.46. The molecule has 138 valence electrons. The van der Waals surface area contributed by atoms with Gasteiger partial charge in [-0.05, 0) is 36.8 Å². The van der Waals surface area contributed by atoms with Crippen LogP contribution in [-0.2, 0) is 4.79 Å². The number of thiophene rings is 1. The number of amides is 2. The van der Waals surface area contributed by atoms with E-state index in [2.05, 4.69) is 10.6 Å². The lowest BCUT2D eigenvalue weighted by Crippen LogP contribution is -2.13. The van der Waals surface area contributed by atoms with Gasteiger partial charge in [-0.2, -0.15) is 0 Å². The highest BCUT2D eigenvalue weighted by Gasteiger charge is 2.14. The van der Waals surface area contributed by atoms with E-state index in [9.17, 15) is 19.7 Å². The van der Waals surface area contributed by atoms with E-state index in [4.69, 9.17) is 0 Å². The van der Waals surface area contributed by atoms with Gasteiger partial charge in [0.05, 0.1) is 9.80 Å². The number of benzene rings is 2. The smallest absolute Gasteiger partial charge is 0.270 e. The Morgan fingerprint density at radius 1 is 1.11 bits per heavy atom. The largest absolute Gasteiger partial charge is 0.326 e. The van der Waals surface area contributed by atoms with Gasteiger partial charge in [-0.1, -0.05) is 13.0 Å². The van der Waals surface area contributed by atoms with Crippen LogP contribution in [0.5, 0.6) is 0 Å². The molecule has 0 fully saturated rings. The second-order valence-electron chi connectivity index (χ2n) is 5.98. The zero-order valence-corrected chi connectivity index (χ0v) is 15.6. The standard InChI is InChI=1S/C19H17N3O4S/c1-3-18(23)20-13-5-4-11(2)15(10-13)21-19(24)17-9-12-8-14(22(25)26)6-7-16(12)27-17/h4-10H,3H2,1-2H3,(H,20,23)(H,21,24). The molecule has 0 radical (unpaired) electrons. The number of non-ortho nitro benzene ring substituents is 1. The van der Waals surface area contributed by atoms with Crippen molar-refractivity contribution < 1.29 is 14.5 Å². The number of carbonyl (C=O) groups is 2. The first-order valence-electron chi connectivity index (χ1n) is 8.27. The third kappa shape index (κ3) is 4.12. The Kier molecular flexibility index (Phi) is 5.18. The summed E-state index contributed by atoms with van der Waals surface area (Å²) in [4.78, 5) is 35.1. The predicted octanol–water partition coefficient (Wildman–Crippen LogP) is 4.72. The lowest BCUT2D eigenvalue weighted by molar-refractivity contribution is -0.384. The molecule has 3 aromatic rings. The Bertz CT molecular complexity index is 1060. The highest BCUT2D eigenvalue weighted by atomic mass is 32.1. The third-order valence-corrected chi connectivity index (χ3v) is 5.14. The summed E-state index contributed by atoms with van der Waals surface area (Å²) in [6.45, 7) is 3.62. The maximum atomic E-state index is 12.6. The summed E-state index contributed by atoms with van der Waals surface area (Å²) in [5.74, 6) is -0.414. The van der Waals surface area contributed by atoms with Gasteiger partial charge in [0, 0.05) is 40.0 Å². The van der Waals surface area contributed by atoms with Crippen molar-refractivity contribution in [1.82, 2.24) is 0 Å². The summed E-state index contributed by atoms with van der Waals surface area (Å²) >= 11 is 1.26. The van der Waals surface area contributed by atoms with Gasteiger partial charge in [-0.15, -0.1) is 11.3 Å². The lowest BCUT2D eigenvalue weighted by Gasteiger charge is -2.10. The summed E-state index contributed by atoms with van der Waals surface area (Å²) in [5.41, 5.74) is 2.05. The molecule has 7 nitrogen and oxygen atoms in total. The van der Waals surface area contributed by atoms with Crippen molar-refractivity contribution in [3.63, 3.8) is 0 Å². The van der Waals surface area contributed by atoms with Gasteiger partial charge < -0.3 is 10.6 Å². The average Bonchev–Trinajstić information content (AvgIpc) is 3.07. The van der Waals surface area contributed by atoms with E-state index >= 15 is 0 Å². The molecule has 1 heterocycles. The zero-order valence-electron chi connectivity index (χ0n) is 14.7. The Morgan fingerprint density at radius 2 is 1.89 bits per heavy atom. The molecule has 0 saturated carbocycles. The van der Waals surface area contributed by atoms with Crippen molar-refractivity contribution in [3.05, 3.63) is 63.0 Å². The number of nitrogens with zero attached hydrogens (tertiary/aromatic N) is 1. The van der Waals surface area contributed by atoms with Gasteiger partial charge in [-0.3, -0.25) is 19.7 Å². The molecule has 0 aliphatic heterocycles. The highest BCUT2D eigenvalue weighted by Crippen LogP contribution is 2.30. The second-order valence-corrected chi connectivity index (χ2v) is 7.06. The topological polar surface area (TPSA) is 101 Å². The number of fused-ring (bicyclic) bond motifs is 1. The first-order valence-corrected chi connectivity index (χ1v) is 9.09. The molecular formula is C19H17N3O4S. The lowest BCUT2D eigenvalue weighted by atomic mass is 10.1. The van der Waals surface area contributed by atoms with Crippen molar-refractivity contribution in [2.24, 2.45) is 0 Å². The fourth-order valence-electron chi connectivity index (χ4n) is 2.52. The minimum Gasteiger partial charge on any atom is -0.326 e. The molecule has 0 unspecified atom stereocenters. The SMILES string of the molecule is CCC(=O)Nc1ccc(C)c(NC(=O)c2cc3cc([N+](=O)[O-])ccc3s2)c1. The number of hydrogen-bond acceptors (Lipinski definition) is 5. The van der Waals surface area contributed by atoms with Gasteiger partial charge in [0.25, 0.3) is 11.6 Å². The molecule has 0 aliphatic rings. The van der Waals surface area contributed by atoms with E-state index < -0.39 is 4.92 Å². The van der Waals surface area contributed by atoms with E-state index in [0.717, 1.165) is 10.3 Å². The maximum Gasteiger partial charge on any atom is 0.270 e. The van der Waals surface area contributed by atoms with Crippen molar-refractivity contribution >= 4 is 50.3 Å². The number of nitrogens with one attached hydrogen (secondary N) is 2. The molecule has 0 bridgehead atoms. The molecule has 1 aromatic heterocycles. The minimum absolute atomic E-state index is 0.0116. The number of nitro benzene ring substituents is 1. The quantitative estimate of drug-likeness (QED) is 0.492. The van der Waals surface area contributed by atoms with Gasteiger partial charge in [0.15, 0.2) is 0 Å². The van der Waals surface area contributed by atoms with E-state index in [1.54, 1.807) is 31.2 Å². The van der Waals surface area contributed by atoms with Crippen LogP contribution in [0.15, 0.2) is 42.5 Å². The molecule has 0 atom stereocenters. The van der Waals surface area contributed by atoms with Crippen LogP contribution >= 0.6 is 11.3 Å². The number of hydrogen-bond donors (Lipinski definition) is 2. The van der Waals surface area contributed by atoms with Crippen LogP contribution in [0.4, 0.5) is 17.1 Å². The maximum absolute atomic E-state index is 12.6. The highest BCUT2D eigenvalue weighted by molar-refractivity contribution is 7.20. The number of aryl methyl sites for hydroxylation is 1. The predicted molar refractivity (Wildman–Crippen MR) is 107 cm³/mol. The molecule has 2 N–H and O–H groups in total. The average molecular weight is 383 g/mol. The van der Waals surface area contributed by atoms with E-state index in [1.165, 1.54) is 23.5 Å². The Hall–Kier alpha value is -3.26. The van der Waals surface area contributed by atoms with Crippen LogP contribution in [0.2, 0.25) is 0 Å². The third-order valence-electron chi connectivity index (χ3n) is 4.03. The summed E-state index contributed by atoms with van der Waals surface area (Å²) in [7, 11) is 0. The summed E-state index contributed by atoms with van der Waals surface area (Å²) < 4.78 is 0.798. The Labute approximate surface area is 159 Å². The second kappa shape index (κ2) is 7.55. The first kappa shape index (κ1) is 18.5. The Balaban J connectivity index is 1.84. The van der Waals surface area contributed by atoms with Crippen LogP contribution < -0.4 is 10.6 Å². The number of nitro groups is 1. The monoisotopic (exact) mass is 383 g/mol. The molecule has 27 heavy (non-hydrogen) atoms. The van der Waals surface area contributed by atoms with Gasteiger partial charge in [0.1, 0.15) is 0 Å². The summed E-state index contributed by atoms with van der Waals surface area (Å²) in [6.07, 6.45) is 0.365. The Morgan fingerprint density at radius 3 is 2.59 bits per heavy atom. The van der Waals surface area contributed by atoms with E-state index in [-0.39, 0.29) is 17.5 Å². The van der Waals surface area contributed by atoms with Gasteiger partial charge in [0.2, 0.25) is 5.91 Å². The van der Waals surface area contributed by atoms with Crippen LogP contribution in [-0.4, -0.2) is 16.7 Å². The zero-order chi connectivity index (χ0) is 19.6. The minimum atomic E-state index is -0.462. The van der Waals surface area contributed by atoms with Crippen LogP contribution in [0, 0.1) is 17.0 Å². The molecule has 0 saturated heterocycles. The first-order chi connectivity index (χ1) is 12.9. The van der Waals surface area contributed by atoms with Crippen LogP contribution in [0.1, 0.15) is 28.6 Å². The number of rotatable bonds is 5. The fraction of sp³-hybridized carbons (Fsp3) is 0.158. The molecule has 2 aromatic carbocycles. The van der Waals surface area contributed by atoms with Gasteiger partial charge in [-0.25, -0.2) is 0 Å². The van der Waals surface area contributed by atoms with E-state index in [1.807, 2.05) is 13.0 Å². The molecule has 0 aliphatic carbocycles. The normalized spacial score (nSPS) is 10.6. The molecule has 0 spiro atoms. The molecule has 2 amide bonds. The van der Waals surface area contributed by atoms with Gasteiger partial charge >= 0.3 is 0 Å². The molecule has 3 rings (SSSR count). The number of carbonyl (C=O) groups excluding carboxylic acids is 2. The van der Waals surface area contributed by atoms with Crippen molar-refractivity contribution in [1.29, 1.82) is 0 Å². The van der Waals surface area contributed by atoms with Crippen LogP contribution in [0.25, 0.3) is 10.1 Å². The van der Waals surface area contributed by atoms with Crippen molar-refractivity contribution in [2.75, 3.05) is 10.6 Å². The molecular weight excluding hydrogens is 366 g/mol. The number of anilines is 2. The molecule has 8 heteroatoms. The van der Waals surface area contributed by atoms with Crippen LogP contribution in [0.3, 0.4) is 0 Å². The van der Waals surface area contributed by atoms with Crippen molar-refractivity contribution in [2.45, 2.75) is 20.3 Å².